The van der Waals surface area contributed by atoms with Gasteiger partial charge in [-0.3, -0.25) is 4.68 Å². The van der Waals surface area contributed by atoms with Gasteiger partial charge in [0.15, 0.2) is 6.10 Å². The molecule has 0 spiro atoms. The minimum atomic E-state index is -0.595. The molecule has 0 saturated carbocycles. The van der Waals surface area contributed by atoms with Crippen molar-refractivity contribution in [3.8, 4) is 11.9 Å². The first-order chi connectivity index (χ1) is 7.02. The van der Waals surface area contributed by atoms with Gasteiger partial charge in [0.25, 0.3) is 5.88 Å². The lowest BCUT2D eigenvalue weighted by molar-refractivity contribution is 0.166. The lowest BCUT2D eigenvalue weighted by atomic mass is 10.4. The maximum Gasteiger partial charge on any atom is 0.257 e. The average Bonchev–Trinajstić information content (AvgIpc) is 2.45. The van der Waals surface area contributed by atoms with Gasteiger partial charge < -0.3 is 15.6 Å². The van der Waals surface area contributed by atoms with Gasteiger partial charge in [0.2, 0.25) is 0 Å². The third-order valence-corrected chi connectivity index (χ3v) is 1.68. The molecule has 0 aliphatic rings. The Morgan fingerprint density at radius 1 is 1.73 bits per heavy atom. The largest absolute Gasteiger partial charge is 0.457 e. The molecule has 0 aliphatic heterocycles. The molecular weight excluding hydrogens is 196 g/mol. The molecule has 0 aliphatic carbocycles. The Bertz CT molecular complexity index is 367. The summed E-state index contributed by atoms with van der Waals surface area (Å²) in [6, 6.07) is 1.91. The molecule has 2 atom stereocenters. The zero-order valence-electron chi connectivity index (χ0n) is 8.71. The van der Waals surface area contributed by atoms with Gasteiger partial charge in [-0.15, -0.1) is 5.10 Å². The van der Waals surface area contributed by atoms with E-state index < -0.39 is 12.2 Å². The molecule has 0 fully saturated rings. The standard InChI is InChI=1S/C9H14N4O2/c1-6(14)4-13-5-8(11)9(12-13)15-7(2)3-10/h5-7,14H,4,11H2,1-2H3. The number of nitrogens with zero attached hydrogens (tertiary/aromatic N) is 3. The van der Waals surface area contributed by atoms with Crippen molar-refractivity contribution in [1.29, 1.82) is 5.26 Å². The lowest BCUT2D eigenvalue weighted by Gasteiger charge is -2.05. The fraction of sp³-hybridized carbons (Fsp3) is 0.556. The lowest BCUT2D eigenvalue weighted by Crippen LogP contribution is -2.13. The number of ether oxygens (including phenoxy) is 1. The van der Waals surface area contributed by atoms with Gasteiger partial charge >= 0.3 is 0 Å². The molecule has 0 aromatic carbocycles. The molecule has 2 unspecified atom stereocenters. The van der Waals surface area contributed by atoms with Crippen molar-refractivity contribution in [2.75, 3.05) is 5.73 Å². The van der Waals surface area contributed by atoms with Crippen molar-refractivity contribution in [3.05, 3.63) is 6.20 Å². The summed E-state index contributed by atoms with van der Waals surface area (Å²) in [6.45, 7) is 3.60. The highest BCUT2D eigenvalue weighted by Gasteiger charge is 2.11. The second kappa shape index (κ2) is 4.66. The molecule has 1 heterocycles. The minimum Gasteiger partial charge on any atom is -0.457 e. The zero-order chi connectivity index (χ0) is 11.4. The van der Waals surface area contributed by atoms with Crippen molar-refractivity contribution < 1.29 is 9.84 Å². The molecule has 0 radical (unpaired) electrons. The van der Waals surface area contributed by atoms with Crippen LogP contribution in [-0.4, -0.2) is 27.1 Å². The summed E-state index contributed by atoms with van der Waals surface area (Å²) in [5.74, 6) is 0.227. The number of aromatic nitrogens is 2. The Balaban J connectivity index is 2.74. The average molecular weight is 210 g/mol. The van der Waals surface area contributed by atoms with E-state index in [0.29, 0.717) is 12.2 Å². The van der Waals surface area contributed by atoms with Gasteiger partial charge in [-0.05, 0) is 13.8 Å². The van der Waals surface area contributed by atoms with E-state index >= 15 is 0 Å². The van der Waals surface area contributed by atoms with Crippen LogP contribution < -0.4 is 10.5 Å². The molecule has 0 saturated heterocycles. The number of nitriles is 1. The monoisotopic (exact) mass is 210 g/mol. The molecular formula is C9H14N4O2. The van der Waals surface area contributed by atoms with Gasteiger partial charge in [-0.2, -0.15) is 5.26 Å². The maximum absolute atomic E-state index is 9.14. The van der Waals surface area contributed by atoms with Crippen LogP contribution in [0.15, 0.2) is 6.20 Å². The summed E-state index contributed by atoms with van der Waals surface area (Å²) < 4.78 is 6.64. The number of anilines is 1. The van der Waals surface area contributed by atoms with Gasteiger partial charge in [-0.1, -0.05) is 0 Å². The predicted molar refractivity (Wildman–Crippen MR) is 54.0 cm³/mol. The van der Waals surface area contributed by atoms with Gasteiger partial charge in [0.05, 0.1) is 18.8 Å². The van der Waals surface area contributed by atoms with Crippen LogP contribution in [0.1, 0.15) is 13.8 Å². The molecule has 3 N–H and O–H groups in total. The van der Waals surface area contributed by atoms with Crippen molar-refractivity contribution in [3.63, 3.8) is 0 Å². The third kappa shape index (κ3) is 3.14. The van der Waals surface area contributed by atoms with Crippen LogP contribution in [0.4, 0.5) is 5.69 Å². The fourth-order valence-electron chi connectivity index (χ4n) is 1.07. The summed E-state index contributed by atoms with van der Waals surface area (Å²) in [7, 11) is 0. The van der Waals surface area contributed by atoms with E-state index in [-0.39, 0.29) is 5.88 Å². The van der Waals surface area contributed by atoms with Crippen LogP contribution >= 0.6 is 0 Å². The van der Waals surface area contributed by atoms with Gasteiger partial charge in [0, 0.05) is 0 Å². The number of hydrogen-bond donors (Lipinski definition) is 2. The van der Waals surface area contributed by atoms with E-state index in [4.69, 9.17) is 20.8 Å². The number of rotatable bonds is 4. The van der Waals surface area contributed by atoms with Crippen molar-refractivity contribution in [1.82, 2.24) is 9.78 Å². The number of nitrogens with two attached hydrogens (primary N) is 1. The molecule has 82 valence electrons. The Hall–Kier alpha value is -1.74. The molecule has 1 rings (SSSR count). The van der Waals surface area contributed by atoms with E-state index in [2.05, 4.69) is 5.10 Å². The van der Waals surface area contributed by atoms with E-state index in [0.717, 1.165) is 0 Å². The fourth-order valence-corrected chi connectivity index (χ4v) is 1.07. The van der Waals surface area contributed by atoms with Crippen LogP contribution in [0.2, 0.25) is 0 Å². The summed E-state index contributed by atoms with van der Waals surface area (Å²) in [6.07, 6.45) is 0.458. The van der Waals surface area contributed by atoms with Gasteiger partial charge in [-0.25, -0.2) is 0 Å². The molecule has 0 amide bonds. The normalized spacial score (nSPS) is 14.3. The Morgan fingerprint density at radius 2 is 2.40 bits per heavy atom. The highest BCUT2D eigenvalue weighted by Crippen LogP contribution is 2.19. The van der Waals surface area contributed by atoms with Crippen molar-refractivity contribution in [2.45, 2.75) is 32.6 Å². The smallest absolute Gasteiger partial charge is 0.257 e. The second-order valence-electron chi connectivity index (χ2n) is 3.35. The number of aliphatic hydroxyl groups excluding tert-OH is 1. The Kier molecular flexibility index (Phi) is 3.52. The first kappa shape index (κ1) is 11.3. The van der Waals surface area contributed by atoms with Crippen LogP contribution in [0.3, 0.4) is 0 Å². The van der Waals surface area contributed by atoms with Crippen molar-refractivity contribution in [2.24, 2.45) is 0 Å². The molecule has 6 nitrogen and oxygen atoms in total. The second-order valence-corrected chi connectivity index (χ2v) is 3.35. The Morgan fingerprint density at radius 3 is 2.93 bits per heavy atom. The number of hydrogen-bond acceptors (Lipinski definition) is 5. The molecule has 1 aromatic heterocycles. The molecule has 15 heavy (non-hydrogen) atoms. The molecule has 1 aromatic rings. The van der Waals surface area contributed by atoms with Crippen LogP contribution in [0.5, 0.6) is 5.88 Å². The number of nitrogen functional groups attached to an aromatic ring is 1. The van der Waals surface area contributed by atoms with E-state index in [1.807, 2.05) is 6.07 Å². The van der Waals surface area contributed by atoms with Crippen molar-refractivity contribution >= 4 is 5.69 Å². The minimum absolute atomic E-state index is 0.227. The van der Waals surface area contributed by atoms with Gasteiger partial charge in [0.1, 0.15) is 11.8 Å². The topological polar surface area (TPSA) is 97.1 Å². The summed E-state index contributed by atoms with van der Waals surface area (Å²) in [4.78, 5) is 0. The first-order valence-electron chi connectivity index (χ1n) is 4.60. The summed E-state index contributed by atoms with van der Waals surface area (Å²) in [5.41, 5.74) is 5.98. The van der Waals surface area contributed by atoms with E-state index in [1.54, 1.807) is 20.0 Å². The molecule has 0 bridgehead atoms. The van der Waals surface area contributed by atoms with Crippen LogP contribution in [0.25, 0.3) is 0 Å². The molecule has 6 heteroatoms. The number of aliphatic hydroxyl groups is 1. The van der Waals surface area contributed by atoms with Crippen LogP contribution in [-0.2, 0) is 6.54 Å². The quantitative estimate of drug-likeness (QED) is 0.736. The maximum atomic E-state index is 9.14. The highest BCUT2D eigenvalue weighted by atomic mass is 16.5. The van der Waals surface area contributed by atoms with Crippen LogP contribution in [0, 0.1) is 11.3 Å². The van der Waals surface area contributed by atoms with E-state index in [1.165, 1.54) is 4.68 Å². The summed E-state index contributed by atoms with van der Waals surface area (Å²) in [5, 5.41) is 21.7. The predicted octanol–water partition coefficient (Wildman–Crippen LogP) is 0.137. The first-order valence-corrected chi connectivity index (χ1v) is 4.60. The SMILES string of the molecule is CC(O)Cn1cc(N)c(OC(C)C#N)n1. The summed E-state index contributed by atoms with van der Waals surface area (Å²) >= 11 is 0. The zero-order valence-corrected chi connectivity index (χ0v) is 8.71. The van der Waals surface area contributed by atoms with E-state index in [9.17, 15) is 0 Å². The Labute approximate surface area is 87.9 Å². The third-order valence-electron chi connectivity index (χ3n) is 1.68. The highest BCUT2D eigenvalue weighted by molar-refractivity contribution is 5.46.